The zero-order valence-corrected chi connectivity index (χ0v) is 6.82. The molecular formula is C7H14O4. The van der Waals surface area contributed by atoms with Gasteiger partial charge in [0, 0.05) is 20.6 Å². The number of rotatable bonds is 3. The molecule has 0 aromatic carbocycles. The third kappa shape index (κ3) is 1.90. The fourth-order valence-corrected chi connectivity index (χ4v) is 1.24. The molecule has 11 heavy (non-hydrogen) atoms. The molecule has 0 saturated carbocycles. The van der Waals surface area contributed by atoms with Crippen LogP contribution in [0.3, 0.4) is 0 Å². The molecule has 1 N–H and O–H groups in total. The van der Waals surface area contributed by atoms with Crippen LogP contribution in [-0.2, 0) is 14.2 Å². The van der Waals surface area contributed by atoms with Crippen molar-refractivity contribution in [3.63, 3.8) is 0 Å². The van der Waals surface area contributed by atoms with Gasteiger partial charge in [-0.3, -0.25) is 0 Å². The fourth-order valence-electron chi connectivity index (χ4n) is 1.24. The monoisotopic (exact) mass is 162 g/mol. The third-order valence-electron chi connectivity index (χ3n) is 1.91. The maximum absolute atomic E-state index is 8.82. The minimum Gasteiger partial charge on any atom is -0.394 e. The lowest BCUT2D eigenvalue weighted by Gasteiger charge is -2.12. The van der Waals surface area contributed by atoms with E-state index in [-0.39, 0.29) is 25.1 Å². The van der Waals surface area contributed by atoms with Crippen LogP contribution in [0.1, 0.15) is 6.42 Å². The second kappa shape index (κ2) is 4.01. The average Bonchev–Trinajstić information content (AvgIpc) is 2.46. The van der Waals surface area contributed by atoms with E-state index in [4.69, 9.17) is 19.3 Å². The SMILES string of the molecule is COC1CC(OC)C(CO)O1. The lowest BCUT2D eigenvalue weighted by Crippen LogP contribution is -2.26. The Morgan fingerprint density at radius 2 is 2.18 bits per heavy atom. The lowest BCUT2D eigenvalue weighted by atomic mass is 10.2. The summed E-state index contributed by atoms with van der Waals surface area (Å²) in [7, 11) is 3.19. The Labute approximate surface area is 66.1 Å². The van der Waals surface area contributed by atoms with E-state index in [1.165, 1.54) is 0 Å². The van der Waals surface area contributed by atoms with Crippen LogP contribution in [-0.4, -0.2) is 44.4 Å². The maximum atomic E-state index is 8.82. The van der Waals surface area contributed by atoms with Crippen LogP contribution in [0, 0.1) is 0 Å². The van der Waals surface area contributed by atoms with Crippen molar-refractivity contribution in [3.05, 3.63) is 0 Å². The first-order valence-corrected chi connectivity index (χ1v) is 3.63. The molecule has 1 aliphatic heterocycles. The summed E-state index contributed by atoms with van der Waals surface area (Å²) >= 11 is 0. The molecule has 0 aromatic rings. The van der Waals surface area contributed by atoms with Gasteiger partial charge in [0.1, 0.15) is 6.10 Å². The number of hydrogen-bond donors (Lipinski definition) is 1. The summed E-state index contributed by atoms with van der Waals surface area (Å²) in [6, 6.07) is 0. The molecule has 1 aliphatic rings. The van der Waals surface area contributed by atoms with Gasteiger partial charge in [0.15, 0.2) is 6.29 Å². The van der Waals surface area contributed by atoms with E-state index in [0.29, 0.717) is 6.42 Å². The quantitative estimate of drug-likeness (QED) is 0.622. The van der Waals surface area contributed by atoms with E-state index < -0.39 is 0 Å². The van der Waals surface area contributed by atoms with Gasteiger partial charge in [-0.05, 0) is 0 Å². The van der Waals surface area contributed by atoms with Crippen molar-refractivity contribution in [2.75, 3.05) is 20.8 Å². The molecule has 0 amide bonds. The lowest BCUT2D eigenvalue weighted by molar-refractivity contribution is -0.128. The first-order chi connectivity index (χ1) is 5.31. The van der Waals surface area contributed by atoms with Crippen LogP contribution >= 0.6 is 0 Å². The van der Waals surface area contributed by atoms with Crippen molar-refractivity contribution in [1.82, 2.24) is 0 Å². The molecular weight excluding hydrogens is 148 g/mol. The van der Waals surface area contributed by atoms with Crippen molar-refractivity contribution in [2.24, 2.45) is 0 Å². The van der Waals surface area contributed by atoms with E-state index in [2.05, 4.69) is 0 Å². The van der Waals surface area contributed by atoms with Gasteiger partial charge in [0.05, 0.1) is 12.7 Å². The van der Waals surface area contributed by atoms with Crippen molar-refractivity contribution in [2.45, 2.75) is 24.9 Å². The van der Waals surface area contributed by atoms with Gasteiger partial charge in [-0.2, -0.15) is 0 Å². The normalized spacial score (nSPS) is 37.9. The maximum Gasteiger partial charge on any atom is 0.160 e. The Morgan fingerprint density at radius 3 is 2.55 bits per heavy atom. The predicted octanol–water partition coefficient (Wildman–Crippen LogP) is -0.245. The largest absolute Gasteiger partial charge is 0.394 e. The molecule has 1 fully saturated rings. The summed E-state index contributed by atoms with van der Waals surface area (Å²) < 4.78 is 15.3. The van der Waals surface area contributed by atoms with Crippen LogP contribution in [0.2, 0.25) is 0 Å². The highest BCUT2D eigenvalue weighted by Crippen LogP contribution is 2.22. The first-order valence-electron chi connectivity index (χ1n) is 3.63. The minimum atomic E-state index is -0.232. The second-order valence-electron chi connectivity index (χ2n) is 2.53. The fraction of sp³-hybridized carbons (Fsp3) is 1.00. The van der Waals surface area contributed by atoms with Gasteiger partial charge in [0.25, 0.3) is 0 Å². The Balaban J connectivity index is 2.41. The van der Waals surface area contributed by atoms with Crippen molar-refractivity contribution in [1.29, 1.82) is 0 Å². The number of ether oxygens (including phenoxy) is 3. The molecule has 3 unspecified atom stereocenters. The van der Waals surface area contributed by atoms with Crippen LogP contribution < -0.4 is 0 Å². The Morgan fingerprint density at radius 1 is 1.45 bits per heavy atom. The molecule has 0 bridgehead atoms. The molecule has 4 nitrogen and oxygen atoms in total. The smallest absolute Gasteiger partial charge is 0.160 e. The summed E-state index contributed by atoms with van der Waals surface area (Å²) in [5.41, 5.74) is 0. The summed E-state index contributed by atoms with van der Waals surface area (Å²) in [6.45, 7) is -0.0155. The highest BCUT2D eigenvalue weighted by Gasteiger charge is 2.34. The number of aliphatic hydroxyl groups is 1. The number of methoxy groups -OCH3 is 2. The molecule has 0 radical (unpaired) electrons. The Kier molecular flexibility index (Phi) is 3.26. The highest BCUT2D eigenvalue weighted by atomic mass is 16.7. The van der Waals surface area contributed by atoms with Gasteiger partial charge in [0.2, 0.25) is 0 Å². The van der Waals surface area contributed by atoms with Crippen LogP contribution in [0.5, 0.6) is 0 Å². The van der Waals surface area contributed by atoms with Gasteiger partial charge in [-0.15, -0.1) is 0 Å². The summed E-state index contributed by atoms with van der Waals surface area (Å²) in [5, 5.41) is 8.82. The van der Waals surface area contributed by atoms with Gasteiger partial charge >= 0.3 is 0 Å². The van der Waals surface area contributed by atoms with Gasteiger partial charge in [-0.25, -0.2) is 0 Å². The Bertz CT molecular complexity index is 105. The van der Waals surface area contributed by atoms with E-state index in [9.17, 15) is 0 Å². The first kappa shape index (κ1) is 8.93. The summed E-state index contributed by atoms with van der Waals surface area (Å²) in [4.78, 5) is 0. The molecule has 3 atom stereocenters. The molecule has 0 spiro atoms. The van der Waals surface area contributed by atoms with Crippen molar-refractivity contribution >= 4 is 0 Å². The Hall–Kier alpha value is -0.160. The second-order valence-corrected chi connectivity index (χ2v) is 2.53. The van der Waals surface area contributed by atoms with Crippen molar-refractivity contribution < 1.29 is 19.3 Å². The molecule has 1 saturated heterocycles. The molecule has 0 aromatic heterocycles. The minimum absolute atomic E-state index is 0.0155. The summed E-state index contributed by atoms with van der Waals surface area (Å²) in [5.74, 6) is 0. The number of aliphatic hydroxyl groups excluding tert-OH is 1. The van der Waals surface area contributed by atoms with Gasteiger partial charge < -0.3 is 19.3 Å². The molecule has 1 rings (SSSR count). The molecule has 0 aliphatic carbocycles. The highest BCUT2D eigenvalue weighted by molar-refractivity contribution is 4.78. The van der Waals surface area contributed by atoms with E-state index in [1.54, 1.807) is 14.2 Å². The molecule has 66 valence electrons. The van der Waals surface area contributed by atoms with Crippen LogP contribution in [0.4, 0.5) is 0 Å². The molecule has 1 heterocycles. The topological polar surface area (TPSA) is 47.9 Å². The average molecular weight is 162 g/mol. The van der Waals surface area contributed by atoms with E-state index in [0.717, 1.165) is 0 Å². The van der Waals surface area contributed by atoms with Gasteiger partial charge in [-0.1, -0.05) is 0 Å². The zero-order chi connectivity index (χ0) is 8.27. The summed E-state index contributed by atoms with van der Waals surface area (Å²) in [6.07, 6.45) is 0.199. The zero-order valence-electron chi connectivity index (χ0n) is 6.82. The van der Waals surface area contributed by atoms with E-state index in [1.807, 2.05) is 0 Å². The van der Waals surface area contributed by atoms with Crippen LogP contribution in [0.15, 0.2) is 0 Å². The standard InChI is InChI=1S/C7H14O4/c1-9-5-3-7(10-2)11-6(5)4-8/h5-8H,3-4H2,1-2H3. The molecule has 4 heteroatoms. The van der Waals surface area contributed by atoms with E-state index >= 15 is 0 Å². The van der Waals surface area contributed by atoms with Crippen LogP contribution in [0.25, 0.3) is 0 Å². The predicted molar refractivity (Wildman–Crippen MR) is 38.2 cm³/mol. The number of hydrogen-bond acceptors (Lipinski definition) is 4. The third-order valence-corrected chi connectivity index (χ3v) is 1.91. The van der Waals surface area contributed by atoms with Crippen molar-refractivity contribution in [3.8, 4) is 0 Å².